The molecule has 114 valence electrons. The Kier molecular flexibility index (Phi) is 4.20. The standard InChI is InChI=1S/C17H14N4O2/c1-22-15-8-3-2-7-14(15)17-21-20-16(23-17)11-19-13-6-4-5-12(9-13)10-18/h2-9,19H,11H2,1H3. The third-order valence-corrected chi connectivity index (χ3v) is 3.24. The van der Waals surface area contributed by atoms with E-state index in [2.05, 4.69) is 21.6 Å². The third kappa shape index (κ3) is 3.30. The summed E-state index contributed by atoms with van der Waals surface area (Å²) in [7, 11) is 1.60. The molecule has 3 aromatic rings. The number of hydrogen-bond acceptors (Lipinski definition) is 6. The second-order valence-corrected chi connectivity index (χ2v) is 4.75. The molecule has 0 atom stereocenters. The van der Waals surface area contributed by atoms with E-state index in [-0.39, 0.29) is 0 Å². The number of methoxy groups -OCH3 is 1. The molecular weight excluding hydrogens is 292 g/mol. The van der Waals surface area contributed by atoms with E-state index in [1.165, 1.54) is 0 Å². The summed E-state index contributed by atoms with van der Waals surface area (Å²) in [6.45, 7) is 0.372. The van der Waals surface area contributed by atoms with E-state index in [1.807, 2.05) is 36.4 Å². The minimum atomic E-state index is 0.372. The number of aromatic nitrogens is 2. The van der Waals surface area contributed by atoms with Crippen molar-refractivity contribution >= 4 is 5.69 Å². The van der Waals surface area contributed by atoms with Gasteiger partial charge in [0.2, 0.25) is 5.89 Å². The molecule has 0 fully saturated rings. The van der Waals surface area contributed by atoms with Crippen molar-refractivity contribution in [1.82, 2.24) is 10.2 Å². The van der Waals surface area contributed by atoms with Gasteiger partial charge in [-0.3, -0.25) is 0 Å². The van der Waals surface area contributed by atoms with Crippen LogP contribution in [0.1, 0.15) is 11.5 Å². The highest BCUT2D eigenvalue weighted by atomic mass is 16.5. The van der Waals surface area contributed by atoms with Gasteiger partial charge in [-0.2, -0.15) is 5.26 Å². The zero-order chi connectivity index (χ0) is 16.1. The highest BCUT2D eigenvalue weighted by Crippen LogP contribution is 2.28. The Labute approximate surface area is 133 Å². The van der Waals surface area contributed by atoms with Crippen LogP contribution in [0.4, 0.5) is 5.69 Å². The second-order valence-electron chi connectivity index (χ2n) is 4.75. The van der Waals surface area contributed by atoms with E-state index in [9.17, 15) is 0 Å². The lowest BCUT2D eigenvalue weighted by Crippen LogP contribution is -1.99. The van der Waals surface area contributed by atoms with Crippen LogP contribution in [0.2, 0.25) is 0 Å². The average molecular weight is 306 g/mol. The van der Waals surface area contributed by atoms with E-state index < -0.39 is 0 Å². The number of ether oxygens (including phenoxy) is 1. The van der Waals surface area contributed by atoms with Gasteiger partial charge in [-0.15, -0.1) is 10.2 Å². The molecule has 0 saturated heterocycles. The van der Waals surface area contributed by atoms with Gasteiger partial charge in [0.05, 0.1) is 30.9 Å². The number of nitrogens with one attached hydrogen (secondary N) is 1. The fraction of sp³-hybridized carbons (Fsp3) is 0.118. The fourth-order valence-corrected chi connectivity index (χ4v) is 2.13. The molecule has 6 heteroatoms. The van der Waals surface area contributed by atoms with Crippen molar-refractivity contribution in [2.75, 3.05) is 12.4 Å². The number of benzene rings is 2. The van der Waals surface area contributed by atoms with E-state index >= 15 is 0 Å². The normalized spacial score (nSPS) is 10.1. The van der Waals surface area contributed by atoms with Crippen molar-refractivity contribution in [3.63, 3.8) is 0 Å². The number of nitriles is 1. The van der Waals surface area contributed by atoms with Crippen LogP contribution in [0.5, 0.6) is 5.75 Å². The lowest BCUT2D eigenvalue weighted by atomic mass is 10.2. The number of nitrogens with zero attached hydrogens (tertiary/aromatic N) is 3. The molecule has 0 unspecified atom stereocenters. The Bertz CT molecular complexity index is 852. The van der Waals surface area contributed by atoms with Crippen LogP contribution in [0.25, 0.3) is 11.5 Å². The predicted molar refractivity (Wildman–Crippen MR) is 84.8 cm³/mol. The van der Waals surface area contributed by atoms with E-state index in [0.29, 0.717) is 29.6 Å². The summed E-state index contributed by atoms with van der Waals surface area (Å²) >= 11 is 0. The van der Waals surface area contributed by atoms with Gasteiger partial charge in [0, 0.05) is 5.69 Å². The number of rotatable bonds is 5. The maximum Gasteiger partial charge on any atom is 0.251 e. The van der Waals surface area contributed by atoms with Gasteiger partial charge < -0.3 is 14.5 Å². The molecule has 0 saturated carbocycles. The molecule has 0 aliphatic heterocycles. The van der Waals surface area contributed by atoms with Crippen LogP contribution < -0.4 is 10.1 Å². The van der Waals surface area contributed by atoms with Gasteiger partial charge in [0.15, 0.2) is 0 Å². The van der Waals surface area contributed by atoms with Crippen molar-refractivity contribution in [1.29, 1.82) is 5.26 Å². The highest BCUT2D eigenvalue weighted by Gasteiger charge is 2.12. The first-order valence-corrected chi connectivity index (χ1v) is 7.00. The Morgan fingerprint density at radius 2 is 2.04 bits per heavy atom. The fourth-order valence-electron chi connectivity index (χ4n) is 2.13. The lowest BCUT2D eigenvalue weighted by molar-refractivity contribution is 0.413. The van der Waals surface area contributed by atoms with Crippen LogP contribution in [0.15, 0.2) is 52.9 Å². The van der Waals surface area contributed by atoms with E-state index in [1.54, 1.807) is 19.2 Å². The summed E-state index contributed by atoms with van der Waals surface area (Å²) in [6.07, 6.45) is 0. The quantitative estimate of drug-likeness (QED) is 0.779. The van der Waals surface area contributed by atoms with Gasteiger partial charge in [-0.25, -0.2) is 0 Å². The zero-order valence-corrected chi connectivity index (χ0v) is 12.5. The molecule has 0 aliphatic carbocycles. The molecule has 0 aliphatic rings. The third-order valence-electron chi connectivity index (χ3n) is 3.24. The molecule has 2 aromatic carbocycles. The minimum absolute atomic E-state index is 0.372. The molecule has 0 spiro atoms. The summed E-state index contributed by atoms with van der Waals surface area (Å²) in [4.78, 5) is 0. The van der Waals surface area contributed by atoms with Crippen LogP contribution in [-0.4, -0.2) is 17.3 Å². The van der Waals surface area contributed by atoms with Crippen molar-refractivity contribution in [2.24, 2.45) is 0 Å². The maximum atomic E-state index is 8.90. The van der Waals surface area contributed by atoms with Crippen molar-refractivity contribution in [3.05, 3.63) is 60.0 Å². The van der Waals surface area contributed by atoms with Gasteiger partial charge in [-0.1, -0.05) is 18.2 Å². The molecule has 0 amide bonds. The van der Waals surface area contributed by atoms with Crippen LogP contribution >= 0.6 is 0 Å². The molecule has 1 heterocycles. The SMILES string of the molecule is COc1ccccc1-c1nnc(CNc2cccc(C#N)c2)o1. The van der Waals surface area contributed by atoms with Gasteiger partial charge in [-0.05, 0) is 30.3 Å². The zero-order valence-electron chi connectivity index (χ0n) is 12.5. The highest BCUT2D eigenvalue weighted by molar-refractivity contribution is 5.62. The molecule has 1 N–H and O–H groups in total. The summed E-state index contributed by atoms with van der Waals surface area (Å²) in [5, 5.41) is 20.1. The molecule has 6 nitrogen and oxygen atoms in total. The Hall–Kier alpha value is -3.33. The monoisotopic (exact) mass is 306 g/mol. The average Bonchev–Trinajstić information content (AvgIpc) is 3.09. The van der Waals surface area contributed by atoms with E-state index in [4.69, 9.17) is 14.4 Å². The summed E-state index contributed by atoms with van der Waals surface area (Å²) in [5.74, 6) is 1.54. The Balaban J connectivity index is 1.73. The summed E-state index contributed by atoms with van der Waals surface area (Å²) in [6, 6.07) is 16.8. The topological polar surface area (TPSA) is 84.0 Å². The molecule has 3 rings (SSSR count). The number of hydrogen-bond donors (Lipinski definition) is 1. The van der Waals surface area contributed by atoms with Crippen molar-refractivity contribution in [2.45, 2.75) is 6.54 Å². The maximum absolute atomic E-state index is 8.90. The molecule has 0 radical (unpaired) electrons. The number of para-hydroxylation sites is 1. The van der Waals surface area contributed by atoms with E-state index in [0.717, 1.165) is 11.3 Å². The molecular formula is C17H14N4O2. The first-order chi connectivity index (χ1) is 11.3. The van der Waals surface area contributed by atoms with Crippen LogP contribution in [0, 0.1) is 11.3 Å². The first-order valence-electron chi connectivity index (χ1n) is 7.00. The second kappa shape index (κ2) is 6.62. The van der Waals surface area contributed by atoms with Crippen molar-refractivity contribution < 1.29 is 9.15 Å². The minimum Gasteiger partial charge on any atom is -0.496 e. The molecule has 23 heavy (non-hydrogen) atoms. The molecule has 0 bridgehead atoms. The van der Waals surface area contributed by atoms with Crippen molar-refractivity contribution in [3.8, 4) is 23.3 Å². The van der Waals surface area contributed by atoms with Gasteiger partial charge in [0.1, 0.15) is 5.75 Å². The molecule has 1 aromatic heterocycles. The Morgan fingerprint density at radius 1 is 1.17 bits per heavy atom. The van der Waals surface area contributed by atoms with Gasteiger partial charge in [0.25, 0.3) is 5.89 Å². The van der Waals surface area contributed by atoms with Gasteiger partial charge >= 0.3 is 0 Å². The largest absolute Gasteiger partial charge is 0.496 e. The Morgan fingerprint density at radius 3 is 2.87 bits per heavy atom. The smallest absolute Gasteiger partial charge is 0.251 e. The lowest BCUT2D eigenvalue weighted by Gasteiger charge is -2.04. The number of anilines is 1. The first kappa shape index (κ1) is 14.6. The van der Waals surface area contributed by atoms with Crippen LogP contribution in [-0.2, 0) is 6.54 Å². The summed E-state index contributed by atoms with van der Waals surface area (Å²) < 4.78 is 11.0. The van der Waals surface area contributed by atoms with Crippen LogP contribution in [0.3, 0.4) is 0 Å². The predicted octanol–water partition coefficient (Wildman–Crippen LogP) is 3.23. The summed E-state index contributed by atoms with van der Waals surface area (Å²) in [5.41, 5.74) is 2.16.